The molecule has 6 nitrogen and oxygen atoms in total. The number of nitrogens with zero attached hydrogens (tertiary/aromatic N) is 2. The molecule has 0 aliphatic carbocycles. The Labute approximate surface area is 130 Å². The smallest absolute Gasteiger partial charge is 0.335 e. The average Bonchev–Trinajstić information content (AvgIpc) is 2.41. The van der Waals surface area contributed by atoms with Crippen molar-refractivity contribution in [3.8, 4) is 5.75 Å². The van der Waals surface area contributed by atoms with Gasteiger partial charge in [0.2, 0.25) is 0 Å². The second-order valence-electron chi connectivity index (χ2n) is 6.21. The van der Waals surface area contributed by atoms with Crippen LogP contribution in [0, 0.1) is 0 Å². The summed E-state index contributed by atoms with van der Waals surface area (Å²) >= 11 is 0. The van der Waals surface area contributed by atoms with Gasteiger partial charge in [-0.1, -0.05) is 0 Å². The Morgan fingerprint density at radius 2 is 2.05 bits per heavy atom. The number of hydrogen-bond donors (Lipinski definition) is 1. The van der Waals surface area contributed by atoms with Crippen LogP contribution in [0.25, 0.3) is 0 Å². The number of ether oxygens (including phenoxy) is 1. The topological polar surface area (TPSA) is 70.1 Å². The summed E-state index contributed by atoms with van der Waals surface area (Å²) in [7, 11) is 3.97. The Morgan fingerprint density at radius 3 is 2.64 bits per heavy atom. The van der Waals surface area contributed by atoms with E-state index in [1.165, 1.54) is 12.1 Å². The lowest BCUT2D eigenvalue weighted by molar-refractivity contribution is -0.132. The number of amides is 1. The van der Waals surface area contributed by atoms with E-state index >= 15 is 0 Å². The minimum atomic E-state index is -1.01. The zero-order valence-corrected chi connectivity index (χ0v) is 13.4. The van der Waals surface area contributed by atoms with Gasteiger partial charge in [0.25, 0.3) is 5.91 Å². The van der Waals surface area contributed by atoms with E-state index in [4.69, 9.17) is 9.84 Å². The zero-order valence-electron chi connectivity index (χ0n) is 13.4. The first-order chi connectivity index (χ1) is 10.2. The summed E-state index contributed by atoms with van der Waals surface area (Å²) in [6.45, 7) is 4.84. The molecule has 0 bridgehead atoms. The van der Waals surface area contributed by atoms with Gasteiger partial charge < -0.3 is 19.6 Å². The van der Waals surface area contributed by atoms with Gasteiger partial charge in [-0.25, -0.2) is 4.79 Å². The van der Waals surface area contributed by atoms with Crippen LogP contribution in [0.1, 0.15) is 30.6 Å². The first-order valence-corrected chi connectivity index (χ1v) is 7.25. The molecule has 6 heteroatoms. The number of hydrogen-bond acceptors (Lipinski definition) is 4. The number of rotatable bonds is 5. The maximum absolute atomic E-state index is 12.6. The number of carbonyl (C=O) groups excluding carboxylic acids is 1. The van der Waals surface area contributed by atoms with Gasteiger partial charge in [0.1, 0.15) is 5.75 Å². The van der Waals surface area contributed by atoms with Gasteiger partial charge in [0.15, 0.2) is 5.60 Å². The molecule has 0 saturated heterocycles. The highest BCUT2D eigenvalue weighted by atomic mass is 16.5. The summed E-state index contributed by atoms with van der Waals surface area (Å²) in [6.07, 6.45) is 0.828. The molecule has 0 atom stereocenters. The summed E-state index contributed by atoms with van der Waals surface area (Å²) in [5.41, 5.74) is -0.215. The lowest BCUT2D eigenvalue weighted by Gasteiger charge is -2.39. The fourth-order valence-corrected chi connectivity index (χ4v) is 2.47. The number of anilines is 1. The number of carbonyl (C=O) groups is 2. The maximum Gasteiger partial charge on any atom is 0.335 e. The van der Waals surface area contributed by atoms with Gasteiger partial charge in [0.05, 0.1) is 11.3 Å². The third kappa shape index (κ3) is 3.22. The van der Waals surface area contributed by atoms with Crippen LogP contribution in [0.3, 0.4) is 0 Å². The molecule has 0 fully saturated rings. The standard InChI is InChI=1S/C16H22N2O4/c1-16(2)15(21)18(9-5-8-17(3)4)12-7-6-11(14(19)20)10-13(12)22-16/h6-7,10H,5,8-9H2,1-4H3,(H,19,20). The molecule has 120 valence electrons. The maximum atomic E-state index is 12.6. The first-order valence-electron chi connectivity index (χ1n) is 7.25. The van der Waals surface area contributed by atoms with Crippen LogP contribution in [0.5, 0.6) is 5.75 Å². The number of carboxylic acid groups (broad SMARTS) is 1. The molecule has 0 unspecified atom stereocenters. The third-order valence-corrected chi connectivity index (χ3v) is 3.61. The van der Waals surface area contributed by atoms with Gasteiger partial charge in [-0.15, -0.1) is 0 Å². The molecule has 22 heavy (non-hydrogen) atoms. The summed E-state index contributed by atoms with van der Waals surface area (Å²) in [5.74, 6) is -0.684. The van der Waals surface area contributed by atoms with Gasteiger partial charge in [-0.2, -0.15) is 0 Å². The summed E-state index contributed by atoms with van der Waals surface area (Å²) in [4.78, 5) is 27.4. The van der Waals surface area contributed by atoms with Crippen molar-refractivity contribution >= 4 is 17.6 Å². The number of carboxylic acids is 1. The fourth-order valence-electron chi connectivity index (χ4n) is 2.47. The molecule has 1 heterocycles. The summed E-state index contributed by atoms with van der Waals surface area (Å²) in [6, 6.07) is 4.61. The average molecular weight is 306 g/mol. The second-order valence-corrected chi connectivity index (χ2v) is 6.21. The predicted molar refractivity (Wildman–Crippen MR) is 83.6 cm³/mol. The van der Waals surface area contributed by atoms with Crippen molar-refractivity contribution < 1.29 is 19.4 Å². The van der Waals surface area contributed by atoms with Gasteiger partial charge in [-0.3, -0.25) is 4.79 Å². The van der Waals surface area contributed by atoms with Crippen molar-refractivity contribution in [1.29, 1.82) is 0 Å². The molecule has 1 aliphatic heterocycles. The minimum absolute atomic E-state index is 0.109. The molecular weight excluding hydrogens is 284 g/mol. The van der Waals surface area contributed by atoms with Crippen molar-refractivity contribution in [2.75, 3.05) is 32.1 Å². The van der Waals surface area contributed by atoms with Crippen LogP contribution in [0.4, 0.5) is 5.69 Å². The summed E-state index contributed by atoms with van der Waals surface area (Å²) < 4.78 is 5.72. The monoisotopic (exact) mass is 306 g/mol. The quantitative estimate of drug-likeness (QED) is 0.899. The third-order valence-electron chi connectivity index (χ3n) is 3.61. The molecule has 0 spiro atoms. The largest absolute Gasteiger partial charge is 0.478 e. The first kappa shape index (κ1) is 16.3. The molecule has 0 radical (unpaired) electrons. The van der Waals surface area contributed by atoms with Crippen LogP contribution in [0.15, 0.2) is 18.2 Å². The van der Waals surface area contributed by atoms with Crippen LogP contribution in [-0.4, -0.2) is 54.7 Å². The van der Waals surface area contributed by atoms with Crippen LogP contribution in [0.2, 0.25) is 0 Å². The molecule has 1 N–H and O–H groups in total. The Morgan fingerprint density at radius 1 is 1.36 bits per heavy atom. The van der Waals surface area contributed by atoms with Gasteiger partial charge in [-0.05, 0) is 59.1 Å². The number of benzene rings is 1. The van der Waals surface area contributed by atoms with Crippen LogP contribution >= 0.6 is 0 Å². The van der Waals surface area contributed by atoms with Crippen molar-refractivity contribution in [1.82, 2.24) is 4.90 Å². The highest BCUT2D eigenvalue weighted by Crippen LogP contribution is 2.38. The minimum Gasteiger partial charge on any atom is -0.478 e. The van der Waals surface area contributed by atoms with Crippen LogP contribution in [-0.2, 0) is 4.79 Å². The molecular formula is C16H22N2O4. The van der Waals surface area contributed by atoms with Crippen molar-refractivity contribution in [3.05, 3.63) is 23.8 Å². The molecule has 0 aromatic heterocycles. The normalized spacial score (nSPS) is 16.4. The van der Waals surface area contributed by atoms with Crippen molar-refractivity contribution in [2.45, 2.75) is 25.9 Å². The van der Waals surface area contributed by atoms with E-state index in [2.05, 4.69) is 4.90 Å². The fraction of sp³-hybridized carbons (Fsp3) is 0.500. The van der Waals surface area contributed by atoms with Crippen molar-refractivity contribution in [3.63, 3.8) is 0 Å². The lowest BCUT2D eigenvalue weighted by Crippen LogP contribution is -2.53. The Balaban J connectivity index is 2.33. The van der Waals surface area contributed by atoms with Crippen LogP contribution < -0.4 is 9.64 Å². The predicted octanol–water partition coefficient (Wildman–Crippen LogP) is 1.84. The van der Waals surface area contributed by atoms with E-state index in [0.29, 0.717) is 18.0 Å². The van der Waals surface area contributed by atoms with E-state index in [0.717, 1.165) is 13.0 Å². The molecule has 2 rings (SSSR count). The summed E-state index contributed by atoms with van der Waals surface area (Å²) in [5, 5.41) is 9.10. The van der Waals surface area contributed by atoms with E-state index < -0.39 is 11.6 Å². The molecule has 1 aliphatic rings. The Hall–Kier alpha value is -2.08. The highest BCUT2D eigenvalue weighted by molar-refractivity contribution is 6.03. The molecule has 1 aromatic carbocycles. The van der Waals surface area contributed by atoms with Gasteiger partial charge >= 0.3 is 5.97 Å². The second kappa shape index (κ2) is 5.96. The zero-order chi connectivity index (χ0) is 16.5. The SMILES string of the molecule is CN(C)CCCN1C(=O)C(C)(C)Oc2cc(C(=O)O)ccc21. The van der Waals surface area contributed by atoms with E-state index in [-0.39, 0.29) is 11.5 Å². The molecule has 1 aromatic rings. The van der Waals surface area contributed by atoms with Gasteiger partial charge in [0, 0.05) is 6.54 Å². The molecule has 0 saturated carbocycles. The highest BCUT2D eigenvalue weighted by Gasteiger charge is 2.40. The van der Waals surface area contributed by atoms with E-state index in [1.54, 1.807) is 24.8 Å². The Bertz CT molecular complexity index is 596. The van der Waals surface area contributed by atoms with Crippen molar-refractivity contribution in [2.24, 2.45) is 0 Å². The number of aromatic carboxylic acids is 1. The number of fused-ring (bicyclic) bond motifs is 1. The lowest BCUT2D eigenvalue weighted by atomic mass is 10.0. The van der Waals surface area contributed by atoms with E-state index in [9.17, 15) is 9.59 Å². The van der Waals surface area contributed by atoms with E-state index in [1.807, 2.05) is 14.1 Å². The molecule has 1 amide bonds. The Kier molecular flexibility index (Phi) is 4.42.